The van der Waals surface area contributed by atoms with Crippen molar-refractivity contribution in [3.05, 3.63) is 59.8 Å². The summed E-state index contributed by atoms with van der Waals surface area (Å²) in [6.07, 6.45) is 6.63. The van der Waals surface area contributed by atoms with E-state index in [1.807, 2.05) is 25.1 Å². The van der Waals surface area contributed by atoms with Crippen molar-refractivity contribution in [1.29, 1.82) is 0 Å². The SMILES string of the molecule is Cc1cccc(N2CCC(NS(C)(=O)=O)C(COC3CCC(c4ccccc4)CC3)C2)n1. The number of nitrogens with one attached hydrogen (secondary N) is 1. The van der Waals surface area contributed by atoms with Gasteiger partial charge in [-0.15, -0.1) is 0 Å². The van der Waals surface area contributed by atoms with Crippen molar-refractivity contribution < 1.29 is 13.2 Å². The van der Waals surface area contributed by atoms with E-state index in [2.05, 4.69) is 44.9 Å². The van der Waals surface area contributed by atoms with E-state index < -0.39 is 10.0 Å². The number of ether oxygens (including phenoxy) is 1. The molecule has 0 spiro atoms. The molecule has 1 aliphatic heterocycles. The second-order valence-corrected chi connectivity index (χ2v) is 11.1. The number of aryl methyl sites for hydroxylation is 1. The van der Waals surface area contributed by atoms with Gasteiger partial charge in [0.1, 0.15) is 5.82 Å². The zero-order valence-electron chi connectivity index (χ0n) is 19.1. The Morgan fingerprint density at radius 1 is 1.03 bits per heavy atom. The number of hydrogen-bond donors (Lipinski definition) is 1. The summed E-state index contributed by atoms with van der Waals surface area (Å²) in [7, 11) is -3.27. The lowest BCUT2D eigenvalue weighted by atomic mass is 9.82. The molecule has 2 fully saturated rings. The van der Waals surface area contributed by atoms with E-state index in [0.717, 1.165) is 56.7 Å². The maximum absolute atomic E-state index is 11.9. The highest BCUT2D eigenvalue weighted by Gasteiger charge is 2.33. The van der Waals surface area contributed by atoms with E-state index in [1.165, 1.54) is 11.8 Å². The molecule has 1 saturated carbocycles. The minimum absolute atomic E-state index is 0.0904. The number of piperidine rings is 1. The van der Waals surface area contributed by atoms with Gasteiger partial charge in [-0.2, -0.15) is 0 Å². The monoisotopic (exact) mass is 457 g/mol. The van der Waals surface area contributed by atoms with Gasteiger partial charge in [-0.25, -0.2) is 18.1 Å². The van der Waals surface area contributed by atoms with E-state index in [-0.39, 0.29) is 18.1 Å². The Morgan fingerprint density at radius 2 is 1.78 bits per heavy atom. The van der Waals surface area contributed by atoms with Crippen molar-refractivity contribution in [2.24, 2.45) is 5.92 Å². The Balaban J connectivity index is 1.36. The van der Waals surface area contributed by atoms with Crippen molar-refractivity contribution in [2.45, 2.75) is 57.1 Å². The van der Waals surface area contributed by atoms with Crippen molar-refractivity contribution in [3.8, 4) is 0 Å². The van der Waals surface area contributed by atoms with Gasteiger partial charge in [0.25, 0.3) is 0 Å². The number of aromatic nitrogens is 1. The molecule has 1 aliphatic carbocycles. The van der Waals surface area contributed by atoms with Crippen LogP contribution in [0.1, 0.15) is 49.3 Å². The van der Waals surface area contributed by atoms with Crippen LogP contribution >= 0.6 is 0 Å². The fourth-order valence-electron chi connectivity index (χ4n) is 5.09. The number of pyridine rings is 1. The van der Waals surface area contributed by atoms with Gasteiger partial charge in [-0.3, -0.25) is 0 Å². The van der Waals surface area contributed by atoms with Crippen LogP contribution < -0.4 is 9.62 Å². The van der Waals surface area contributed by atoms with E-state index in [4.69, 9.17) is 4.74 Å². The van der Waals surface area contributed by atoms with E-state index >= 15 is 0 Å². The Labute approximate surface area is 192 Å². The minimum Gasteiger partial charge on any atom is -0.378 e. The van der Waals surface area contributed by atoms with Crippen LogP contribution in [0.5, 0.6) is 0 Å². The summed E-state index contributed by atoms with van der Waals surface area (Å²) in [5.41, 5.74) is 2.42. The lowest BCUT2D eigenvalue weighted by molar-refractivity contribution is -0.00213. The quantitative estimate of drug-likeness (QED) is 0.683. The van der Waals surface area contributed by atoms with E-state index in [0.29, 0.717) is 12.5 Å². The molecule has 1 aromatic heterocycles. The Hall–Kier alpha value is -1.96. The number of benzene rings is 1. The van der Waals surface area contributed by atoms with Gasteiger partial charge in [-0.05, 0) is 62.6 Å². The summed E-state index contributed by atoms with van der Waals surface area (Å²) in [6, 6.07) is 16.7. The first-order chi connectivity index (χ1) is 15.4. The van der Waals surface area contributed by atoms with Crippen LogP contribution in [0.25, 0.3) is 0 Å². The van der Waals surface area contributed by atoms with Gasteiger partial charge in [-0.1, -0.05) is 36.4 Å². The Kier molecular flexibility index (Phi) is 7.48. The first-order valence-corrected chi connectivity index (χ1v) is 13.6. The normalized spacial score (nSPS) is 26.8. The van der Waals surface area contributed by atoms with E-state index in [1.54, 1.807) is 0 Å². The number of anilines is 1. The molecule has 174 valence electrons. The number of nitrogens with zero attached hydrogens (tertiary/aromatic N) is 2. The van der Waals surface area contributed by atoms with Crippen LogP contribution in [0.3, 0.4) is 0 Å². The summed E-state index contributed by atoms with van der Waals surface area (Å²) < 4.78 is 33.1. The lowest BCUT2D eigenvalue weighted by Gasteiger charge is -2.40. The second kappa shape index (κ2) is 10.3. The van der Waals surface area contributed by atoms with Crippen molar-refractivity contribution in [3.63, 3.8) is 0 Å². The Bertz CT molecular complexity index is 975. The number of hydrogen-bond acceptors (Lipinski definition) is 5. The molecule has 1 aromatic carbocycles. The zero-order valence-corrected chi connectivity index (χ0v) is 19.9. The molecule has 0 radical (unpaired) electrons. The third-order valence-electron chi connectivity index (χ3n) is 6.79. The molecule has 2 atom stereocenters. The maximum Gasteiger partial charge on any atom is 0.208 e. The maximum atomic E-state index is 11.9. The third-order valence-corrected chi connectivity index (χ3v) is 7.52. The van der Waals surface area contributed by atoms with Crippen molar-refractivity contribution in [1.82, 2.24) is 9.71 Å². The minimum atomic E-state index is -3.27. The zero-order chi connectivity index (χ0) is 22.6. The molecule has 2 unspecified atom stereocenters. The molecule has 0 amide bonds. The van der Waals surface area contributed by atoms with Crippen molar-refractivity contribution in [2.75, 3.05) is 30.9 Å². The van der Waals surface area contributed by atoms with Crippen LogP contribution in [0.15, 0.2) is 48.5 Å². The molecule has 32 heavy (non-hydrogen) atoms. The highest BCUT2D eigenvalue weighted by atomic mass is 32.2. The first-order valence-electron chi connectivity index (χ1n) is 11.7. The highest BCUT2D eigenvalue weighted by Crippen LogP contribution is 2.34. The summed E-state index contributed by atoms with van der Waals surface area (Å²) in [6.45, 7) is 4.08. The largest absolute Gasteiger partial charge is 0.378 e. The second-order valence-electron chi connectivity index (χ2n) is 9.35. The topological polar surface area (TPSA) is 71.5 Å². The molecule has 4 rings (SSSR count). The van der Waals surface area contributed by atoms with Crippen molar-refractivity contribution >= 4 is 15.8 Å². The van der Waals surface area contributed by atoms with Gasteiger partial charge in [0, 0.05) is 30.7 Å². The van der Waals surface area contributed by atoms with Gasteiger partial charge in [0.15, 0.2) is 0 Å². The standard InChI is InChI=1S/C25H35N3O3S/c1-19-7-6-10-25(26-19)28-16-15-24(27-32(2,29)30)22(17-28)18-31-23-13-11-21(12-14-23)20-8-4-3-5-9-20/h3-10,21-24,27H,11-18H2,1-2H3. The summed E-state index contributed by atoms with van der Waals surface area (Å²) in [5.74, 6) is 1.66. The lowest BCUT2D eigenvalue weighted by Crippen LogP contribution is -2.52. The van der Waals surface area contributed by atoms with Gasteiger partial charge in [0.05, 0.1) is 19.0 Å². The van der Waals surface area contributed by atoms with Gasteiger partial charge in [0.2, 0.25) is 10.0 Å². The molecule has 7 heteroatoms. The fraction of sp³-hybridized carbons (Fsp3) is 0.560. The van der Waals surface area contributed by atoms with Crippen LogP contribution in [-0.2, 0) is 14.8 Å². The summed E-state index contributed by atoms with van der Waals surface area (Å²) in [5, 5.41) is 0. The molecular formula is C25H35N3O3S. The molecule has 1 saturated heterocycles. The number of rotatable bonds is 7. The van der Waals surface area contributed by atoms with Gasteiger partial charge >= 0.3 is 0 Å². The third kappa shape index (κ3) is 6.30. The van der Waals surface area contributed by atoms with Crippen LogP contribution in [0.4, 0.5) is 5.82 Å². The predicted molar refractivity (Wildman–Crippen MR) is 128 cm³/mol. The van der Waals surface area contributed by atoms with Crippen LogP contribution in [0.2, 0.25) is 0 Å². The first kappa shape index (κ1) is 23.2. The fourth-order valence-corrected chi connectivity index (χ4v) is 5.95. The molecule has 2 aromatic rings. The highest BCUT2D eigenvalue weighted by molar-refractivity contribution is 7.88. The predicted octanol–water partition coefficient (Wildman–Crippen LogP) is 3.88. The Morgan fingerprint density at radius 3 is 2.47 bits per heavy atom. The summed E-state index contributed by atoms with van der Waals surface area (Å²) >= 11 is 0. The van der Waals surface area contributed by atoms with Gasteiger partial charge < -0.3 is 9.64 Å². The number of sulfonamides is 1. The molecule has 1 N–H and O–H groups in total. The average molecular weight is 458 g/mol. The van der Waals surface area contributed by atoms with Crippen LogP contribution in [-0.4, -0.2) is 51.5 Å². The molecule has 2 heterocycles. The molecule has 6 nitrogen and oxygen atoms in total. The molecule has 2 aliphatic rings. The molecular weight excluding hydrogens is 422 g/mol. The summed E-state index contributed by atoms with van der Waals surface area (Å²) in [4.78, 5) is 6.92. The molecule has 0 bridgehead atoms. The smallest absolute Gasteiger partial charge is 0.208 e. The average Bonchev–Trinajstić information content (AvgIpc) is 2.78. The van der Waals surface area contributed by atoms with Crippen LogP contribution in [0, 0.1) is 12.8 Å². The van der Waals surface area contributed by atoms with E-state index in [9.17, 15) is 8.42 Å².